The molecular weight excluding hydrogens is 737 g/mol. The van der Waals surface area contributed by atoms with Crippen molar-refractivity contribution in [1.82, 2.24) is 0 Å². The van der Waals surface area contributed by atoms with Crippen molar-refractivity contribution in [3.05, 3.63) is 48.9 Å². The molecule has 0 N–H and O–H groups in total. The Bertz CT molecular complexity index is 1250. The Labute approximate surface area is 383 Å². The molecule has 0 aliphatic carbocycles. The van der Waals surface area contributed by atoms with Crippen LogP contribution in [0.4, 0.5) is 0 Å². The predicted octanol–water partition coefficient (Wildman–Crippen LogP) is -12.5. The summed E-state index contributed by atoms with van der Waals surface area (Å²) in [6, 6.07) is 0. The Kier molecular flexibility index (Phi) is 51.9. The summed E-state index contributed by atoms with van der Waals surface area (Å²) in [7, 11) is -16.6. The monoisotopic (exact) mass is 766 g/mol. The minimum absolute atomic E-state index is 0. The van der Waals surface area contributed by atoms with Crippen LogP contribution in [0.1, 0.15) is 26.7 Å². The molecule has 0 saturated heterocycles. The zero-order valence-electron chi connectivity index (χ0n) is 25.1. The van der Waals surface area contributed by atoms with Gasteiger partial charge in [0.1, 0.15) is 10.1 Å². The van der Waals surface area contributed by atoms with Crippen molar-refractivity contribution in [2.45, 2.75) is 26.7 Å². The third-order valence-corrected chi connectivity index (χ3v) is 5.53. The molecule has 0 atom stereocenters. The molecule has 0 heterocycles. The van der Waals surface area contributed by atoms with Gasteiger partial charge in [-0.3, -0.25) is 0 Å². The van der Waals surface area contributed by atoms with Crippen molar-refractivity contribution in [1.29, 1.82) is 0 Å². The van der Waals surface area contributed by atoms with Gasteiger partial charge in [0.25, 0.3) is 0 Å². The molecular formula is C19H30K2Na2O16S4. The molecule has 0 unspecified atom stereocenters. The molecule has 0 fully saturated rings. The molecule has 0 rings (SSSR count). The quantitative estimate of drug-likeness (QED) is 0.0420. The van der Waals surface area contributed by atoms with Gasteiger partial charge in [-0.2, -0.15) is 0 Å². The zero-order valence-corrected chi connectivity index (χ0v) is 38.6. The van der Waals surface area contributed by atoms with Crippen LogP contribution in [0.25, 0.3) is 0 Å². The maximum atomic E-state index is 10.7. The van der Waals surface area contributed by atoms with Crippen molar-refractivity contribution in [3.63, 3.8) is 0 Å². The van der Waals surface area contributed by atoms with Crippen molar-refractivity contribution < 1.29 is 233 Å². The fraction of sp³-hybridized carbons (Fsp3) is 0.474. The molecule has 43 heavy (non-hydrogen) atoms. The molecule has 0 saturated carbocycles. The average Bonchev–Trinajstić information content (AvgIpc) is 2.71. The number of esters is 2. The predicted molar refractivity (Wildman–Crippen MR) is 135 cm³/mol. The van der Waals surface area contributed by atoms with E-state index in [1.807, 2.05) is 0 Å². The van der Waals surface area contributed by atoms with Crippen molar-refractivity contribution in [2.24, 2.45) is 0 Å². The van der Waals surface area contributed by atoms with Gasteiger partial charge in [-0.1, -0.05) is 31.9 Å². The van der Waals surface area contributed by atoms with E-state index in [0.717, 1.165) is 6.08 Å². The third-order valence-electron chi connectivity index (χ3n) is 2.70. The first-order chi connectivity index (χ1) is 17.3. The van der Waals surface area contributed by atoms with Crippen LogP contribution >= 0.6 is 0 Å². The van der Waals surface area contributed by atoms with E-state index in [4.69, 9.17) is 0 Å². The maximum Gasteiger partial charge on any atom is 1.00 e. The van der Waals surface area contributed by atoms with Crippen LogP contribution in [-0.4, -0.2) is 94.3 Å². The van der Waals surface area contributed by atoms with Gasteiger partial charge in [0.05, 0.1) is 49.3 Å². The topological polar surface area (TPSA) is 281 Å². The summed E-state index contributed by atoms with van der Waals surface area (Å²) in [6.07, 6.45) is 1.00. The van der Waals surface area contributed by atoms with Gasteiger partial charge in [0, 0.05) is 28.6 Å². The first-order valence-electron chi connectivity index (χ1n) is 9.91. The Morgan fingerprint density at radius 3 is 1.21 bits per heavy atom. The van der Waals surface area contributed by atoms with Gasteiger partial charge in [-0.25, -0.2) is 43.3 Å². The Morgan fingerprint density at radius 1 is 0.698 bits per heavy atom. The Morgan fingerprint density at radius 2 is 1.02 bits per heavy atom. The largest absolute Gasteiger partial charge is 1.00 e. The summed E-state index contributed by atoms with van der Waals surface area (Å²) in [4.78, 5) is 21.1. The minimum Gasteiger partial charge on any atom is -0.748 e. The molecule has 24 heteroatoms. The molecule has 0 bridgehead atoms. The van der Waals surface area contributed by atoms with E-state index in [0.29, 0.717) is 11.0 Å². The first-order valence-corrected chi connectivity index (χ1v) is 16.1. The van der Waals surface area contributed by atoms with Crippen molar-refractivity contribution >= 4 is 52.4 Å². The number of carbonyl (C=O) groups excluding carboxylic acids is 2. The molecule has 0 amide bonds. The van der Waals surface area contributed by atoms with Crippen molar-refractivity contribution in [3.8, 4) is 0 Å². The van der Waals surface area contributed by atoms with Crippen LogP contribution in [0.15, 0.2) is 48.9 Å². The molecule has 0 radical (unpaired) electrons. The van der Waals surface area contributed by atoms with Crippen LogP contribution in [0.5, 0.6) is 0 Å². The number of hydrogen-bond donors (Lipinski definition) is 0. The average molecular weight is 767 g/mol. The summed E-state index contributed by atoms with van der Waals surface area (Å²) >= 11 is 0. The molecule has 0 aromatic carbocycles. The van der Waals surface area contributed by atoms with Crippen LogP contribution in [0.3, 0.4) is 0 Å². The van der Waals surface area contributed by atoms with Crippen LogP contribution < -0.4 is 162 Å². The van der Waals surface area contributed by atoms with E-state index >= 15 is 0 Å². The van der Waals surface area contributed by atoms with E-state index in [9.17, 15) is 61.5 Å². The summed E-state index contributed by atoms with van der Waals surface area (Å²) in [5.41, 5.74) is 0.616. The maximum absolute atomic E-state index is 10.7. The van der Waals surface area contributed by atoms with E-state index in [1.54, 1.807) is 0 Å². The van der Waals surface area contributed by atoms with Gasteiger partial charge < -0.3 is 27.7 Å². The smallest absolute Gasteiger partial charge is 0.748 e. The third kappa shape index (κ3) is 76.3. The first kappa shape index (κ1) is 64.3. The number of hydrogen-bond acceptors (Lipinski definition) is 16. The SMILES string of the molecule is C=C(C)C(=O)OCCCS(=O)(=O)[O-].C=C(C)CS(=O)(=O)[O-].C=CC(=O)OCCCS(=O)(=O)[O-].C=CS(=O)(=O)[O-].[K+].[K+].[Na+].[Na+]. The normalized spacial score (nSPS) is 9.91. The number of ether oxygens (including phenoxy) is 2. The van der Waals surface area contributed by atoms with Gasteiger partial charge in [-0.15, -0.1) is 0 Å². The van der Waals surface area contributed by atoms with Crippen molar-refractivity contribution in [2.75, 3.05) is 30.5 Å². The van der Waals surface area contributed by atoms with Gasteiger partial charge >= 0.3 is 174 Å². The van der Waals surface area contributed by atoms with E-state index in [2.05, 4.69) is 35.8 Å². The molecule has 230 valence electrons. The van der Waals surface area contributed by atoms with Gasteiger partial charge in [0.15, 0.2) is 0 Å². The molecule has 0 aromatic rings. The fourth-order valence-corrected chi connectivity index (χ4v) is 2.84. The zero-order chi connectivity index (χ0) is 32.1. The Hall–Kier alpha value is 2.81. The number of rotatable bonds is 13. The number of carbonyl (C=O) groups is 2. The molecule has 0 spiro atoms. The summed E-state index contributed by atoms with van der Waals surface area (Å²) < 4.78 is 127. The summed E-state index contributed by atoms with van der Waals surface area (Å²) in [5, 5.41) is 0.354. The molecule has 0 aliphatic heterocycles. The second-order valence-electron chi connectivity index (χ2n) is 6.84. The second kappa shape index (κ2) is 34.7. The van der Waals surface area contributed by atoms with E-state index in [1.165, 1.54) is 13.8 Å². The van der Waals surface area contributed by atoms with Crippen LogP contribution in [0.2, 0.25) is 0 Å². The van der Waals surface area contributed by atoms with Crippen LogP contribution in [0, 0.1) is 0 Å². The minimum atomic E-state index is -4.21. The Balaban J connectivity index is -0.0000000636. The molecule has 16 nitrogen and oxygen atoms in total. The fourth-order valence-electron chi connectivity index (χ4n) is 1.29. The van der Waals surface area contributed by atoms with Crippen LogP contribution in [-0.2, 0) is 59.5 Å². The second-order valence-corrected chi connectivity index (χ2v) is 12.6. The van der Waals surface area contributed by atoms with Gasteiger partial charge in [-0.05, 0) is 26.7 Å². The van der Waals surface area contributed by atoms with E-state index in [-0.39, 0.29) is 194 Å². The summed E-state index contributed by atoms with van der Waals surface area (Å²) in [6.45, 7) is 15.3. The van der Waals surface area contributed by atoms with E-state index < -0.39 is 69.7 Å². The summed E-state index contributed by atoms with van der Waals surface area (Å²) in [5.74, 6) is -2.69. The standard InChI is InChI=1S/C7H12O5S.C6H10O5S.C4H8O3S.C2H4O3S.2K.2Na/c1-6(2)7(8)12-4-3-5-13(9,10)11;1-2-6(7)11-4-3-5-12(8,9)10;1-4(2)3-8(5,6)7;1-2-6(3,4)5;;;;/h1,3-5H2,2H3,(H,9,10,11);2H,1,3-5H2,(H,8,9,10);1,3H2,2H3,(H,5,6,7);2H,1H2,(H,3,4,5);;;;/q;;;;4*+1/p-4. The molecule has 0 aromatic heterocycles. The molecule has 0 aliphatic rings. The van der Waals surface area contributed by atoms with Gasteiger partial charge in [0.2, 0.25) is 0 Å².